The van der Waals surface area contributed by atoms with E-state index in [0.29, 0.717) is 23.5 Å². The van der Waals surface area contributed by atoms with Gasteiger partial charge in [-0.2, -0.15) is 0 Å². The standard InChI is InChI=1S/C20H24N2O3/c1-5-21-20(24)16-11-6-7-12-17(16)22-19(23)15(4)25-18-13(2)9-8-10-14(18)3/h6-12,15H,5H2,1-4H3,(H,21,24)(H,22,23)/t15-/m0/s1. The zero-order valence-corrected chi connectivity index (χ0v) is 15.1. The first kappa shape index (κ1) is 18.5. The lowest BCUT2D eigenvalue weighted by molar-refractivity contribution is -0.122. The average molecular weight is 340 g/mol. The van der Waals surface area contributed by atoms with Crippen molar-refractivity contribution in [2.45, 2.75) is 33.8 Å². The number of carbonyl (C=O) groups is 2. The summed E-state index contributed by atoms with van der Waals surface area (Å²) in [5.41, 5.74) is 2.84. The third kappa shape index (κ3) is 4.59. The van der Waals surface area contributed by atoms with Gasteiger partial charge in [0.1, 0.15) is 5.75 Å². The number of benzene rings is 2. The third-order valence-corrected chi connectivity index (χ3v) is 3.84. The van der Waals surface area contributed by atoms with Crippen LogP contribution < -0.4 is 15.4 Å². The number of anilines is 1. The van der Waals surface area contributed by atoms with E-state index >= 15 is 0 Å². The molecule has 0 spiro atoms. The van der Waals surface area contributed by atoms with Crippen LogP contribution in [0.2, 0.25) is 0 Å². The molecule has 0 heterocycles. The average Bonchev–Trinajstić information content (AvgIpc) is 2.58. The SMILES string of the molecule is CCNC(=O)c1ccccc1NC(=O)[C@H](C)Oc1c(C)cccc1C. The van der Waals surface area contributed by atoms with Gasteiger partial charge in [-0.3, -0.25) is 9.59 Å². The summed E-state index contributed by atoms with van der Waals surface area (Å²) < 4.78 is 5.85. The van der Waals surface area contributed by atoms with Gasteiger partial charge in [0.2, 0.25) is 0 Å². The molecule has 132 valence electrons. The van der Waals surface area contributed by atoms with Crippen LogP contribution in [0.1, 0.15) is 35.3 Å². The van der Waals surface area contributed by atoms with Gasteiger partial charge in [-0.1, -0.05) is 30.3 Å². The molecular weight excluding hydrogens is 316 g/mol. The fourth-order valence-electron chi connectivity index (χ4n) is 2.50. The quantitative estimate of drug-likeness (QED) is 0.846. The van der Waals surface area contributed by atoms with E-state index in [1.807, 2.05) is 39.0 Å². The van der Waals surface area contributed by atoms with Crippen LogP contribution in [-0.4, -0.2) is 24.5 Å². The summed E-state index contributed by atoms with van der Waals surface area (Å²) in [6.45, 7) is 7.94. The van der Waals surface area contributed by atoms with Crippen molar-refractivity contribution < 1.29 is 14.3 Å². The maximum atomic E-state index is 12.5. The Morgan fingerprint density at radius 2 is 1.68 bits per heavy atom. The van der Waals surface area contributed by atoms with Crippen LogP contribution in [0.3, 0.4) is 0 Å². The molecule has 0 radical (unpaired) electrons. The fourth-order valence-corrected chi connectivity index (χ4v) is 2.50. The normalized spacial score (nSPS) is 11.5. The van der Waals surface area contributed by atoms with Crippen LogP contribution in [0.4, 0.5) is 5.69 Å². The van der Waals surface area contributed by atoms with Crippen molar-refractivity contribution in [2.24, 2.45) is 0 Å². The molecule has 0 saturated heterocycles. The zero-order chi connectivity index (χ0) is 18.4. The van der Waals surface area contributed by atoms with Gasteiger partial charge in [-0.15, -0.1) is 0 Å². The lowest BCUT2D eigenvalue weighted by Crippen LogP contribution is -2.32. The van der Waals surface area contributed by atoms with Gasteiger partial charge in [0.05, 0.1) is 11.3 Å². The number of carbonyl (C=O) groups excluding carboxylic acids is 2. The summed E-state index contributed by atoms with van der Waals surface area (Å²) in [6.07, 6.45) is -0.693. The minimum atomic E-state index is -0.693. The number of rotatable bonds is 6. The summed E-state index contributed by atoms with van der Waals surface area (Å²) in [6, 6.07) is 12.7. The minimum Gasteiger partial charge on any atom is -0.480 e. The van der Waals surface area contributed by atoms with Gasteiger partial charge in [0.25, 0.3) is 11.8 Å². The maximum absolute atomic E-state index is 12.5. The van der Waals surface area contributed by atoms with Crippen LogP contribution in [0.25, 0.3) is 0 Å². The largest absolute Gasteiger partial charge is 0.480 e. The molecule has 0 aliphatic rings. The predicted molar refractivity (Wildman–Crippen MR) is 99.1 cm³/mol. The topological polar surface area (TPSA) is 67.4 Å². The molecule has 2 rings (SSSR count). The van der Waals surface area contributed by atoms with Crippen LogP contribution in [-0.2, 0) is 4.79 Å². The molecule has 0 aliphatic carbocycles. The molecule has 2 N–H and O–H groups in total. The lowest BCUT2D eigenvalue weighted by atomic mass is 10.1. The van der Waals surface area contributed by atoms with Crippen LogP contribution in [0, 0.1) is 13.8 Å². The van der Waals surface area contributed by atoms with Gasteiger partial charge in [-0.25, -0.2) is 0 Å². The van der Waals surface area contributed by atoms with E-state index in [9.17, 15) is 9.59 Å². The van der Waals surface area contributed by atoms with Crippen molar-refractivity contribution in [3.05, 3.63) is 59.2 Å². The third-order valence-electron chi connectivity index (χ3n) is 3.84. The second-order valence-corrected chi connectivity index (χ2v) is 5.88. The van der Waals surface area contributed by atoms with Crippen LogP contribution in [0.5, 0.6) is 5.75 Å². The molecule has 5 nitrogen and oxygen atoms in total. The molecule has 0 aromatic heterocycles. The Labute approximate surface area is 148 Å². The molecular formula is C20H24N2O3. The molecule has 2 aromatic carbocycles. The van der Waals surface area contributed by atoms with Crippen LogP contribution >= 0.6 is 0 Å². The predicted octanol–water partition coefficient (Wildman–Crippen LogP) is 3.46. The number of hydrogen-bond acceptors (Lipinski definition) is 3. The monoisotopic (exact) mass is 340 g/mol. The van der Waals surface area contributed by atoms with Crippen molar-refractivity contribution in [3.8, 4) is 5.75 Å². The van der Waals surface area contributed by atoms with E-state index in [1.165, 1.54) is 0 Å². The van der Waals surface area contributed by atoms with Gasteiger partial charge >= 0.3 is 0 Å². The molecule has 1 atom stereocenters. The molecule has 5 heteroatoms. The van der Waals surface area contributed by atoms with Gasteiger partial charge in [-0.05, 0) is 51.0 Å². The first-order valence-electron chi connectivity index (χ1n) is 8.35. The van der Waals surface area contributed by atoms with E-state index in [0.717, 1.165) is 11.1 Å². The van der Waals surface area contributed by atoms with Gasteiger partial charge in [0, 0.05) is 6.54 Å². The molecule has 25 heavy (non-hydrogen) atoms. The minimum absolute atomic E-state index is 0.221. The smallest absolute Gasteiger partial charge is 0.265 e. The highest BCUT2D eigenvalue weighted by Crippen LogP contribution is 2.24. The van der Waals surface area contributed by atoms with E-state index in [-0.39, 0.29) is 11.8 Å². The Morgan fingerprint density at radius 1 is 1.04 bits per heavy atom. The van der Waals surface area contributed by atoms with Crippen molar-refractivity contribution in [1.82, 2.24) is 5.32 Å². The maximum Gasteiger partial charge on any atom is 0.265 e. The zero-order valence-electron chi connectivity index (χ0n) is 15.1. The van der Waals surface area contributed by atoms with E-state index < -0.39 is 6.10 Å². The van der Waals surface area contributed by atoms with Crippen molar-refractivity contribution in [2.75, 3.05) is 11.9 Å². The summed E-state index contributed by atoms with van der Waals surface area (Å²) >= 11 is 0. The number of para-hydroxylation sites is 2. The second kappa shape index (κ2) is 8.33. The molecule has 2 aromatic rings. The van der Waals surface area contributed by atoms with Gasteiger partial charge in [0.15, 0.2) is 6.10 Å². The van der Waals surface area contributed by atoms with Crippen LogP contribution in [0.15, 0.2) is 42.5 Å². The summed E-state index contributed by atoms with van der Waals surface area (Å²) in [7, 11) is 0. The molecule has 2 amide bonds. The first-order chi connectivity index (χ1) is 11.9. The van der Waals surface area contributed by atoms with Gasteiger partial charge < -0.3 is 15.4 Å². The molecule has 0 saturated carbocycles. The highest BCUT2D eigenvalue weighted by Gasteiger charge is 2.19. The highest BCUT2D eigenvalue weighted by atomic mass is 16.5. The van der Waals surface area contributed by atoms with Crippen molar-refractivity contribution >= 4 is 17.5 Å². The number of aryl methyl sites for hydroxylation is 2. The number of amides is 2. The molecule has 0 aliphatic heterocycles. The number of hydrogen-bond donors (Lipinski definition) is 2. The highest BCUT2D eigenvalue weighted by molar-refractivity contribution is 6.04. The number of nitrogens with one attached hydrogen (secondary N) is 2. The Bertz CT molecular complexity index is 751. The van der Waals surface area contributed by atoms with E-state index in [4.69, 9.17) is 4.74 Å². The Balaban J connectivity index is 2.13. The second-order valence-electron chi connectivity index (χ2n) is 5.88. The Morgan fingerprint density at radius 3 is 2.32 bits per heavy atom. The number of ether oxygens (including phenoxy) is 1. The molecule has 0 fully saturated rings. The van der Waals surface area contributed by atoms with E-state index in [1.54, 1.807) is 31.2 Å². The Hall–Kier alpha value is -2.82. The lowest BCUT2D eigenvalue weighted by Gasteiger charge is -2.18. The van der Waals surface area contributed by atoms with E-state index in [2.05, 4.69) is 10.6 Å². The Kier molecular flexibility index (Phi) is 6.17. The summed E-state index contributed by atoms with van der Waals surface area (Å²) in [5.74, 6) is 0.184. The molecule has 0 unspecified atom stereocenters. The summed E-state index contributed by atoms with van der Waals surface area (Å²) in [5, 5.41) is 5.52. The summed E-state index contributed by atoms with van der Waals surface area (Å²) in [4.78, 5) is 24.6. The first-order valence-corrected chi connectivity index (χ1v) is 8.35. The van der Waals surface area contributed by atoms with Crippen molar-refractivity contribution in [1.29, 1.82) is 0 Å². The molecule has 0 bridgehead atoms. The fraction of sp³-hybridized carbons (Fsp3) is 0.300. The van der Waals surface area contributed by atoms with Crippen molar-refractivity contribution in [3.63, 3.8) is 0 Å².